The van der Waals surface area contributed by atoms with Gasteiger partial charge in [0, 0.05) is 36.3 Å². The molecule has 6 heteroatoms. The number of benzene rings is 4. The van der Waals surface area contributed by atoms with Crippen LogP contribution in [0.5, 0.6) is 28.7 Å². The summed E-state index contributed by atoms with van der Waals surface area (Å²) in [6, 6.07) is 21.1. The summed E-state index contributed by atoms with van der Waals surface area (Å²) < 4.78 is 0. The highest BCUT2D eigenvalue weighted by atomic mass is 16.3. The minimum atomic E-state index is -0.826. The molecule has 5 N–H and O–H groups in total. The van der Waals surface area contributed by atoms with Crippen LogP contribution in [0.2, 0.25) is 0 Å². The van der Waals surface area contributed by atoms with Crippen molar-refractivity contribution in [3.8, 4) is 39.9 Å². The van der Waals surface area contributed by atoms with Crippen molar-refractivity contribution >= 4 is 5.57 Å². The van der Waals surface area contributed by atoms with Gasteiger partial charge in [-0.05, 0) is 88.7 Å². The molecule has 38 heavy (non-hydrogen) atoms. The van der Waals surface area contributed by atoms with Crippen LogP contribution in [0.1, 0.15) is 27.8 Å². The lowest BCUT2D eigenvalue weighted by atomic mass is 9.68. The normalized spacial score (nSPS) is 23.1. The molecule has 1 aliphatic carbocycles. The van der Waals surface area contributed by atoms with Gasteiger partial charge in [0.15, 0.2) is 0 Å². The molecule has 0 radical (unpaired) electrons. The number of phenols is 5. The largest absolute Gasteiger partial charge is 0.508 e. The van der Waals surface area contributed by atoms with E-state index in [4.69, 9.17) is 0 Å². The first-order chi connectivity index (χ1) is 18.3. The highest BCUT2D eigenvalue weighted by molar-refractivity contribution is 5.87. The summed E-state index contributed by atoms with van der Waals surface area (Å²) in [6.07, 6.45) is 3.47. The van der Waals surface area contributed by atoms with E-state index in [-0.39, 0.29) is 34.8 Å². The number of fused-ring (bicyclic) bond motifs is 6. The monoisotopic (exact) mass is 505 g/mol. The average Bonchev–Trinajstić information content (AvgIpc) is 3.21. The SMILES string of the molecule is Oc1cccc(C23C=C4CN(CCc5ccc(c(O)c5)-c5ccc(O)cc54)C2Cc2cc(O)cc(O)c23)c1. The van der Waals surface area contributed by atoms with Crippen LogP contribution < -0.4 is 0 Å². The quantitative estimate of drug-likeness (QED) is 0.248. The summed E-state index contributed by atoms with van der Waals surface area (Å²) in [4.78, 5) is 2.39. The Morgan fingerprint density at radius 3 is 2.34 bits per heavy atom. The summed E-state index contributed by atoms with van der Waals surface area (Å²) in [5, 5.41) is 53.7. The van der Waals surface area contributed by atoms with Crippen molar-refractivity contribution in [3.63, 3.8) is 0 Å². The Bertz CT molecular complexity index is 1660. The molecule has 3 atom stereocenters. The topological polar surface area (TPSA) is 104 Å². The number of hydrogen-bond donors (Lipinski definition) is 5. The van der Waals surface area contributed by atoms with Crippen molar-refractivity contribution in [2.24, 2.45) is 0 Å². The third-order valence-corrected chi connectivity index (χ3v) is 8.47. The lowest BCUT2D eigenvalue weighted by Gasteiger charge is -2.46. The Labute approximate surface area is 220 Å². The second-order valence-electron chi connectivity index (χ2n) is 10.6. The summed E-state index contributed by atoms with van der Waals surface area (Å²) in [7, 11) is 0. The molecule has 4 aromatic carbocycles. The average molecular weight is 506 g/mol. The summed E-state index contributed by atoms with van der Waals surface area (Å²) in [5.41, 5.74) is 5.84. The first-order valence-electron chi connectivity index (χ1n) is 12.8. The minimum Gasteiger partial charge on any atom is -0.508 e. The highest BCUT2D eigenvalue weighted by Gasteiger charge is 2.53. The molecule has 0 amide bonds. The number of rotatable bonds is 1. The van der Waals surface area contributed by atoms with Gasteiger partial charge in [-0.1, -0.05) is 30.3 Å². The molecule has 4 aromatic rings. The van der Waals surface area contributed by atoms with E-state index in [9.17, 15) is 25.5 Å². The van der Waals surface area contributed by atoms with Gasteiger partial charge in [0.05, 0.1) is 5.41 Å². The van der Waals surface area contributed by atoms with Gasteiger partial charge in [-0.2, -0.15) is 0 Å². The van der Waals surface area contributed by atoms with E-state index in [1.54, 1.807) is 30.3 Å². The predicted octanol–water partition coefficient (Wildman–Crippen LogP) is 5.05. The lowest BCUT2D eigenvalue weighted by molar-refractivity contribution is 0.176. The molecule has 0 saturated carbocycles. The van der Waals surface area contributed by atoms with Gasteiger partial charge in [-0.25, -0.2) is 0 Å². The van der Waals surface area contributed by atoms with E-state index < -0.39 is 5.41 Å². The molecule has 8 rings (SSSR count). The van der Waals surface area contributed by atoms with Crippen LogP contribution in [0.4, 0.5) is 0 Å². The van der Waals surface area contributed by atoms with Crippen LogP contribution >= 0.6 is 0 Å². The van der Waals surface area contributed by atoms with Gasteiger partial charge in [0.25, 0.3) is 0 Å². The molecule has 4 bridgehead atoms. The maximum Gasteiger partial charge on any atom is 0.124 e. The van der Waals surface area contributed by atoms with Gasteiger partial charge in [0.2, 0.25) is 0 Å². The number of aromatic hydroxyl groups is 5. The van der Waals surface area contributed by atoms with Gasteiger partial charge >= 0.3 is 0 Å². The van der Waals surface area contributed by atoms with Crippen molar-refractivity contribution in [2.45, 2.75) is 24.3 Å². The van der Waals surface area contributed by atoms with Gasteiger partial charge < -0.3 is 25.5 Å². The Kier molecular flexibility index (Phi) is 4.81. The van der Waals surface area contributed by atoms with Crippen LogP contribution in [0, 0.1) is 0 Å². The molecule has 190 valence electrons. The van der Waals surface area contributed by atoms with E-state index >= 15 is 0 Å². The lowest BCUT2D eigenvalue weighted by Crippen LogP contribution is -2.52. The molecule has 0 spiro atoms. The Morgan fingerprint density at radius 1 is 0.711 bits per heavy atom. The number of nitrogens with zero attached hydrogens (tertiary/aromatic N) is 1. The highest BCUT2D eigenvalue weighted by Crippen LogP contribution is 2.56. The van der Waals surface area contributed by atoms with Crippen LogP contribution in [0.3, 0.4) is 0 Å². The second-order valence-corrected chi connectivity index (χ2v) is 10.6. The smallest absolute Gasteiger partial charge is 0.124 e. The molecule has 3 unspecified atom stereocenters. The van der Waals surface area contributed by atoms with E-state index in [0.717, 1.165) is 33.4 Å². The Balaban J connectivity index is 1.58. The first-order valence-corrected chi connectivity index (χ1v) is 12.8. The van der Waals surface area contributed by atoms with E-state index in [1.807, 2.05) is 36.4 Å². The number of hydrogen-bond acceptors (Lipinski definition) is 6. The second kappa shape index (κ2) is 8.04. The Hall–Kier alpha value is -4.42. The van der Waals surface area contributed by atoms with Crippen LogP contribution in [0.15, 0.2) is 78.9 Å². The number of phenolic OH excluding ortho intramolecular Hbond substituents is 5. The fourth-order valence-electron chi connectivity index (χ4n) is 6.93. The van der Waals surface area contributed by atoms with E-state index in [0.29, 0.717) is 37.1 Å². The molecule has 0 aromatic heterocycles. The van der Waals surface area contributed by atoms with Crippen LogP contribution in [-0.2, 0) is 18.3 Å². The molecule has 3 heterocycles. The Morgan fingerprint density at radius 2 is 1.53 bits per heavy atom. The first kappa shape index (κ1) is 22.8. The fourth-order valence-corrected chi connectivity index (χ4v) is 6.93. The van der Waals surface area contributed by atoms with Crippen molar-refractivity contribution in [2.75, 3.05) is 13.1 Å². The minimum absolute atomic E-state index is 0.00791. The van der Waals surface area contributed by atoms with Crippen molar-refractivity contribution in [3.05, 3.63) is 107 Å². The van der Waals surface area contributed by atoms with Crippen LogP contribution in [0.25, 0.3) is 16.7 Å². The maximum absolute atomic E-state index is 11.3. The molecular formula is C32H27NO5. The van der Waals surface area contributed by atoms with Crippen molar-refractivity contribution in [1.29, 1.82) is 0 Å². The molecule has 0 fully saturated rings. The van der Waals surface area contributed by atoms with E-state index in [2.05, 4.69) is 11.0 Å². The third kappa shape index (κ3) is 3.23. The van der Waals surface area contributed by atoms with E-state index in [1.165, 1.54) is 6.07 Å². The fraction of sp³-hybridized carbons (Fsp3) is 0.188. The van der Waals surface area contributed by atoms with Gasteiger partial charge in [0.1, 0.15) is 28.7 Å². The summed E-state index contributed by atoms with van der Waals surface area (Å²) in [6.45, 7) is 1.29. The molecular weight excluding hydrogens is 478 g/mol. The van der Waals surface area contributed by atoms with Gasteiger partial charge in [-0.3, -0.25) is 4.90 Å². The molecule has 0 saturated heterocycles. The van der Waals surface area contributed by atoms with Crippen LogP contribution in [-0.4, -0.2) is 49.6 Å². The van der Waals surface area contributed by atoms with Crippen molar-refractivity contribution in [1.82, 2.24) is 4.90 Å². The van der Waals surface area contributed by atoms with Crippen molar-refractivity contribution < 1.29 is 25.5 Å². The predicted molar refractivity (Wildman–Crippen MR) is 145 cm³/mol. The zero-order valence-electron chi connectivity index (χ0n) is 20.6. The zero-order chi connectivity index (χ0) is 26.2. The third-order valence-electron chi connectivity index (χ3n) is 8.47. The zero-order valence-corrected chi connectivity index (χ0v) is 20.6. The van der Waals surface area contributed by atoms with Gasteiger partial charge in [-0.15, -0.1) is 0 Å². The molecule has 3 aliphatic heterocycles. The summed E-state index contributed by atoms with van der Waals surface area (Å²) >= 11 is 0. The molecule has 6 nitrogen and oxygen atoms in total. The maximum atomic E-state index is 11.3. The summed E-state index contributed by atoms with van der Waals surface area (Å²) in [5.74, 6) is 0.473. The standard InChI is InChI=1S/C32H27NO5/c34-22-3-1-2-21(13-22)32-16-20-17-33(30(32)12-19-11-24(36)15-29(38)31(19)32)9-8-18-4-6-26(28(37)10-18)25-7-5-23(35)14-27(20)25/h1-7,10-11,13-16,30,34-38H,8-9,12,17H2. The molecule has 4 aliphatic rings.